The second-order valence-electron chi connectivity index (χ2n) is 4.14. The molecule has 4 nitrogen and oxygen atoms in total. The summed E-state index contributed by atoms with van der Waals surface area (Å²) in [6.07, 6.45) is -0.292. The number of halogens is 2. The predicted molar refractivity (Wildman–Crippen MR) is 67.5 cm³/mol. The number of nitro groups is 1. The number of Topliss-reactive ketones (excluding diaryl/α,β-unsaturated/α-hetero) is 1. The number of carbonyl (C=O) groups is 1. The number of benzene rings is 2. The van der Waals surface area contributed by atoms with Gasteiger partial charge in [0.15, 0.2) is 5.78 Å². The molecule has 0 spiro atoms. The summed E-state index contributed by atoms with van der Waals surface area (Å²) < 4.78 is 26.1. The summed E-state index contributed by atoms with van der Waals surface area (Å²) in [6, 6.07) is 8.21. The van der Waals surface area contributed by atoms with Crippen LogP contribution in [0.25, 0.3) is 0 Å². The van der Waals surface area contributed by atoms with Crippen molar-refractivity contribution < 1.29 is 18.5 Å². The minimum Gasteiger partial charge on any atom is -0.294 e. The van der Waals surface area contributed by atoms with Crippen molar-refractivity contribution in [3.63, 3.8) is 0 Å². The summed E-state index contributed by atoms with van der Waals surface area (Å²) in [6.45, 7) is 0. The Bertz CT molecular complexity index is 666. The normalized spacial score (nSPS) is 10.3. The smallest absolute Gasteiger partial charge is 0.273 e. The van der Waals surface area contributed by atoms with Gasteiger partial charge in [0.25, 0.3) is 5.69 Å². The molecule has 0 bridgehead atoms. The van der Waals surface area contributed by atoms with Crippen molar-refractivity contribution in [3.8, 4) is 0 Å². The Balaban J connectivity index is 2.30. The molecule has 0 N–H and O–H groups in total. The standard InChI is InChI=1S/C14H9F2NO3/c15-11-5-10(6-12(16)8-11)14(18)7-9-3-1-2-4-13(9)17(19)20/h1-6,8H,7H2. The van der Waals surface area contributed by atoms with Crippen molar-refractivity contribution in [2.45, 2.75) is 6.42 Å². The first kappa shape index (κ1) is 13.8. The van der Waals surface area contributed by atoms with E-state index in [4.69, 9.17) is 0 Å². The molecule has 6 heteroatoms. The van der Waals surface area contributed by atoms with Crippen molar-refractivity contribution in [3.05, 3.63) is 75.3 Å². The molecule has 0 aliphatic rings. The quantitative estimate of drug-likeness (QED) is 0.489. The topological polar surface area (TPSA) is 60.2 Å². The highest BCUT2D eigenvalue weighted by atomic mass is 19.1. The van der Waals surface area contributed by atoms with Crippen molar-refractivity contribution in [2.24, 2.45) is 0 Å². The highest BCUT2D eigenvalue weighted by molar-refractivity contribution is 5.98. The van der Waals surface area contributed by atoms with Gasteiger partial charge in [0.05, 0.1) is 4.92 Å². The number of carbonyl (C=O) groups excluding carboxylic acids is 1. The van der Waals surface area contributed by atoms with E-state index < -0.39 is 22.3 Å². The van der Waals surface area contributed by atoms with Gasteiger partial charge in [-0.2, -0.15) is 0 Å². The van der Waals surface area contributed by atoms with Crippen LogP contribution in [0, 0.1) is 21.7 Å². The Morgan fingerprint density at radius 3 is 2.30 bits per heavy atom. The fraction of sp³-hybridized carbons (Fsp3) is 0.0714. The molecule has 0 fully saturated rings. The van der Waals surface area contributed by atoms with Crippen LogP contribution < -0.4 is 0 Å². The molecule has 0 aromatic heterocycles. The second-order valence-corrected chi connectivity index (χ2v) is 4.14. The average Bonchev–Trinajstić information content (AvgIpc) is 2.37. The summed E-state index contributed by atoms with van der Waals surface area (Å²) in [7, 11) is 0. The first-order chi connectivity index (χ1) is 9.47. The lowest BCUT2D eigenvalue weighted by molar-refractivity contribution is -0.385. The van der Waals surface area contributed by atoms with Gasteiger partial charge >= 0.3 is 0 Å². The highest BCUT2D eigenvalue weighted by Gasteiger charge is 2.17. The van der Waals surface area contributed by atoms with Crippen LogP contribution >= 0.6 is 0 Å². The van der Waals surface area contributed by atoms with E-state index in [0.29, 0.717) is 6.07 Å². The van der Waals surface area contributed by atoms with Crippen LogP contribution in [0.4, 0.5) is 14.5 Å². The average molecular weight is 277 g/mol. The molecule has 2 aromatic carbocycles. The molecule has 0 unspecified atom stereocenters. The third kappa shape index (κ3) is 3.03. The molecule has 0 atom stereocenters. The van der Waals surface area contributed by atoms with Crippen LogP contribution in [-0.2, 0) is 6.42 Å². The monoisotopic (exact) mass is 277 g/mol. The number of nitro benzene ring substituents is 1. The zero-order valence-electron chi connectivity index (χ0n) is 10.2. The molecule has 0 saturated carbocycles. The van der Waals surface area contributed by atoms with Gasteiger partial charge in [0.1, 0.15) is 11.6 Å². The molecule has 2 rings (SSSR count). The molecule has 0 saturated heterocycles. The maximum atomic E-state index is 13.0. The Kier molecular flexibility index (Phi) is 3.84. The van der Waals surface area contributed by atoms with E-state index in [-0.39, 0.29) is 23.2 Å². The van der Waals surface area contributed by atoms with Crippen molar-refractivity contribution in [2.75, 3.05) is 0 Å². The number of para-hydroxylation sites is 1. The van der Waals surface area contributed by atoms with E-state index >= 15 is 0 Å². The van der Waals surface area contributed by atoms with Crippen LogP contribution in [0.15, 0.2) is 42.5 Å². The van der Waals surface area contributed by atoms with Crippen LogP contribution in [-0.4, -0.2) is 10.7 Å². The third-order valence-corrected chi connectivity index (χ3v) is 2.72. The van der Waals surface area contributed by atoms with Crippen LogP contribution in [0.5, 0.6) is 0 Å². The fourth-order valence-corrected chi connectivity index (χ4v) is 1.83. The van der Waals surface area contributed by atoms with Gasteiger partial charge in [-0.3, -0.25) is 14.9 Å². The zero-order valence-corrected chi connectivity index (χ0v) is 10.2. The van der Waals surface area contributed by atoms with Crippen molar-refractivity contribution in [1.29, 1.82) is 0 Å². The lowest BCUT2D eigenvalue weighted by Crippen LogP contribution is -2.06. The minimum atomic E-state index is -0.865. The molecule has 20 heavy (non-hydrogen) atoms. The molecule has 0 aliphatic heterocycles. The first-order valence-electron chi connectivity index (χ1n) is 5.69. The first-order valence-corrected chi connectivity index (χ1v) is 5.69. The number of rotatable bonds is 4. The van der Waals surface area contributed by atoms with E-state index in [1.165, 1.54) is 18.2 Å². The van der Waals surface area contributed by atoms with Crippen molar-refractivity contribution >= 4 is 11.5 Å². The summed E-state index contributed by atoms with van der Waals surface area (Å²) in [4.78, 5) is 22.2. The maximum absolute atomic E-state index is 13.0. The van der Waals surface area contributed by atoms with Crippen molar-refractivity contribution in [1.82, 2.24) is 0 Å². The van der Waals surface area contributed by atoms with Crippen LogP contribution in [0.2, 0.25) is 0 Å². The summed E-state index contributed by atoms with van der Waals surface area (Å²) >= 11 is 0. The molecular formula is C14H9F2NO3. The Morgan fingerprint density at radius 2 is 1.70 bits per heavy atom. The van der Waals surface area contributed by atoms with E-state index in [2.05, 4.69) is 0 Å². The molecular weight excluding hydrogens is 268 g/mol. The Morgan fingerprint density at radius 1 is 1.10 bits per heavy atom. The number of hydrogen-bond acceptors (Lipinski definition) is 3. The van der Waals surface area contributed by atoms with Gasteiger partial charge in [-0.05, 0) is 12.1 Å². The fourth-order valence-electron chi connectivity index (χ4n) is 1.83. The number of nitrogens with zero attached hydrogens (tertiary/aromatic N) is 1. The van der Waals surface area contributed by atoms with E-state index in [1.807, 2.05) is 0 Å². The minimum absolute atomic E-state index is 0.152. The van der Waals surface area contributed by atoms with Gasteiger partial charge in [-0.15, -0.1) is 0 Å². The Labute approximate surface area is 112 Å². The molecule has 0 radical (unpaired) electrons. The largest absolute Gasteiger partial charge is 0.294 e. The number of hydrogen-bond donors (Lipinski definition) is 0. The third-order valence-electron chi connectivity index (χ3n) is 2.72. The van der Waals surface area contributed by atoms with Crippen LogP contribution in [0.1, 0.15) is 15.9 Å². The van der Waals surface area contributed by atoms with E-state index in [9.17, 15) is 23.7 Å². The molecule has 0 heterocycles. The maximum Gasteiger partial charge on any atom is 0.273 e. The highest BCUT2D eigenvalue weighted by Crippen LogP contribution is 2.20. The number of ketones is 1. The van der Waals surface area contributed by atoms with Gasteiger partial charge in [-0.1, -0.05) is 18.2 Å². The zero-order chi connectivity index (χ0) is 14.7. The van der Waals surface area contributed by atoms with Crippen LogP contribution in [0.3, 0.4) is 0 Å². The Hall–Kier alpha value is -2.63. The predicted octanol–water partition coefficient (Wildman–Crippen LogP) is 3.30. The van der Waals surface area contributed by atoms with E-state index in [0.717, 1.165) is 12.1 Å². The molecule has 0 amide bonds. The van der Waals surface area contributed by atoms with Gasteiger partial charge in [0.2, 0.25) is 0 Å². The molecule has 2 aromatic rings. The van der Waals surface area contributed by atoms with Gasteiger partial charge < -0.3 is 0 Å². The lowest BCUT2D eigenvalue weighted by Gasteiger charge is -2.03. The van der Waals surface area contributed by atoms with E-state index in [1.54, 1.807) is 6.07 Å². The van der Waals surface area contributed by atoms with Gasteiger partial charge in [-0.25, -0.2) is 8.78 Å². The summed E-state index contributed by atoms with van der Waals surface area (Å²) in [5.74, 6) is -2.32. The second kappa shape index (κ2) is 5.56. The summed E-state index contributed by atoms with van der Waals surface area (Å²) in [5, 5.41) is 10.8. The molecule has 0 aliphatic carbocycles. The SMILES string of the molecule is O=C(Cc1ccccc1[N+](=O)[O-])c1cc(F)cc(F)c1. The molecule has 102 valence electrons. The van der Waals surface area contributed by atoms with Gasteiger partial charge in [0, 0.05) is 29.7 Å². The summed E-state index contributed by atoms with van der Waals surface area (Å²) in [5.41, 5.74) is -0.148. The lowest BCUT2D eigenvalue weighted by atomic mass is 10.0.